The second-order valence-electron chi connectivity index (χ2n) is 4.36. The van der Waals surface area contributed by atoms with Gasteiger partial charge in [-0.3, -0.25) is 4.79 Å². The summed E-state index contributed by atoms with van der Waals surface area (Å²) in [5.74, 6) is -2.07. The molecule has 0 spiro atoms. The molecule has 0 fully saturated rings. The Morgan fingerprint density at radius 2 is 2.16 bits per heavy atom. The van der Waals surface area contributed by atoms with Crippen LogP contribution in [0.15, 0.2) is 27.8 Å². The predicted octanol–water partition coefficient (Wildman–Crippen LogP) is 2.55. The van der Waals surface area contributed by atoms with Crippen LogP contribution in [-0.2, 0) is 4.79 Å². The van der Waals surface area contributed by atoms with Gasteiger partial charge in [-0.05, 0) is 40.0 Å². The van der Waals surface area contributed by atoms with Gasteiger partial charge in [0.05, 0.1) is 5.69 Å². The lowest BCUT2D eigenvalue weighted by Crippen LogP contribution is -2.38. The molecular formula is C12H15BrFN3O2. The number of nitrogens with one attached hydrogen (secondary N) is 1. The van der Waals surface area contributed by atoms with Crippen molar-refractivity contribution >= 4 is 33.4 Å². The molecular weight excluding hydrogens is 317 g/mol. The lowest BCUT2D eigenvalue weighted by atomic mass is 9.94. The van der Waals surface area contributed by atoms with Crippen LogP contribution in [0, 0.1) is 17.7 Å². The van der Waals surface area contributed by atoms with Gasteiger partial charge in [-0.15, -0.1) is 0 Å². The Morgan fingerprint density at radius 3 is 2.68 bits per heavy atom. The number of halogens is 2. The number of benzene rings is 1. The molecule has 4 N–H and O–H groups in total. The molecule has 0 aliphatic carbocycles. The van der Waals surface area contributed by atoms with Gasteiger partial charge < -0.3 is 16.3 Å². The molecule has 0 radical (unpaired) electrons. The molecule has 0 bridgehead atoms. The van der Waals surface area contributed by atoms with Gasteiger partial charge in [0.1, 0.15) is 11.7 Å². The number of oxime groups is 1. The fourth-order valence-electron chi connectivity index (χ4n) is 1.64. The number of hydrogen-bond acceptors (Lipinski definition) is 3. The van der Waals surface area contributed by atoms with E-state index in [1.165, 1.54) is 18.2 Å². The Kier molecular flexibility index (Phi) is 5.29. The van der Waals surface area contributed by atoms with E-state index in [0.29, 0.717) is 10.2 Å². The maximum absolute atomic E-state index is 13.1. The van der Waals surface area contributed by atoms with Crippen molar-refractivity contribution in [1.82, 2.24) is 0 Å². The lowest BCUT2D eigenvalue weighted by molar-refractivity contribution is -0.119. The first-order valence-electron chi connectivity index (χ1n) is 5.60. The van der Waals surface area contributed by atoms with Crippen molar-refractivity contribution in [3.63, 3.8) is 0 Å². The van der Waals surface area contributed by atoms with Crippen molar-refractivity contribution in [3.8, 4) is 0 Å². The van der Waals surface area contributed by atoms with Crippen LogP contribution in [0.3, 0.4) is 0 Å². The topological polar surface area (TPSA) is 87.7 Å². The molecule has 1 aromatic rings. The molecule has 7 heteroatoms. The highest BCUT2D eigenvalue weighted by molar-refractivity contribution is 9.10. The highest BCUT2D eigenvalue weighted by Crippen LogP contribution is 2.24. The maximum Gasteiger partial charge on any atom is 0.235 e. The Morgan fingerprint density at radius 1 is 1.53 bits per heavy atom. The highest BCUT2D eigenvalue weighted by Gasteiger charge is 2.27. The molecule has 104 valence electrons. The summed E-state index contributed by atoms with van der Waals surface area (Å²) in [5.41, 5.74) is 5.79. The van der Waals surface area contributed by atoms with Crippen molar-refractivity contribution in [1.29, 1.82) is 0 Å². The van der Waals surface area contributed by atoms with Crippen LogP contribution in [0.4, 0.5) is 10.1 Å². The number of nitrogens with two attached hydrogens (primary N) is 1. The number of nitrogens with zero attached hydrogens (tertiary/aromatic N) is 1. The lowest BCUT2D eigenvalue weighted by Gasteiger charge is -2.19. The molecule has 1 amide bonds. The fourth-order valence-corrected chi connectivity index (χ4v) is 1.99. The highest BCUT2D eigenvalue weighted by atomic mass is 79.9. The monoisotopic (exact) mass is 331 g/mol. The number of hydrogen-bond donors (Lipinski definition) is 3. The number of amidine groups is 1. The molecule has 1 unspecified atom stereocenters. The van der Waals surface area contributed by atoms with Gasteiger partial charge in [0.25, 0.3) is 0 Å². The normalized spacial score (nSPS) is 13.4. The van der Waals surface area contributed by atoms with Crippen LogP contribution in [0.25, 0.3) is 0 Å². The van der Waals surface area contributed by atoms with Crippen LogP contribution in [0.2, 0.25) is 0 Å². The summed E-state index contributed by atoms with van der Waals surface area (Å²) >= 11 is 3.21. The molecule has 1 rings (SSSR count). The molecule has 0 aromatic heterocycles. The number of carbonyl (C=O) groups excluding carboxylic acids is 1. The van der Waals surface area contributed by atoms with E-state index in [9.17, 15) is 9.18 Å². The van der Waals surface area contributed by atoms with E-state index in [0.717, 1.165) is 0 Å². The van der Waals surface area contributed by atoms with Crippen LogP contribution >= 0.6 is 15.9 Å². The van der Waals surface area contributed by atoms with Crippen LogP contribution in [0.5, 0.6) is 0 Å². The van der Waals surface area contributed by atoms with E-state index in [1.54, 1.807) is 13.8 Å². The van der Waals surface area contributed by atoms with Gasteiger partial charge in [-0.1, -0.05) is 19.0 Å². The van der Waals surface area contributed by atoms with E-state index < -0.39 is 17.6 Å². The summed E-state index contributed by atoms with van der Waals surface area (Å²) in [6.45, 7) is 3.53. The van der Waals surface area contributed by atoms with Gasteiger partial charge in [0, 0.05) is 4.47 Å². The third-order valence-corrected chi connectivity index (χ3v) is 3.26. The summed E-state index contributed by atoms with van der Waals surface area (Å²) in [6, 6.07) is 3.94. The molecule has 1 aromatic carbocycles. The van der Waals surface area contributed by atoms with Crippen LogP contribution in [0.1, 0.15) is 13.8 Å². The molecule has 0 aliphatic heterocycles. The van der Waals surface area contributed by atoms with Crippen molar-refractivity contribution in [2.24, 2.45) is 22.7 Å². The molecule has 0 saturated carbocycles. The zero-order valence-electron chi connectivity index (χ0n) is 10.5. The quantitative estimate of drug-likeness (QED) is 0.343. The minimum absolute atomic E-state index is 0.164. The molecule has 19 heavy (non-hydrogen) atoms. The zero-order valence-corrected chi connectivity index (χ0v) is 12.1. The van der Waals surface area contributed by atoms with Crippen LogP contribution in [-0.4, -0.2) is 17.0 Å². The largest absolute Gasteiger partial charge is 0.409 e. The van der Waals surface area contributed by atoms with Crippen molar-refractivity contribution in [2.45, 2.75) is 13.8 Å². The van der Waals surface area contributed by atoms with E-state index in [2.05, 4.69) is 26.4 Å². The smallest absolute Gasteiger partial charge is 0.235 e. The summed E-state index contributed by atoms with van der Waals surface area (Å²) in [4.78, 5) is 12.1. The molecule has 0 saturated heterocycles. The average Bonchev–Trinajstić information content (AvgIpc) is 2.33. The van der Waals surface area contributed by atoms with Gasteiger partial charge in [-0.25, -0.2) is 4.39 Å². The predicted molar refractivity (Wildman–Crippen MR) is 74.5 cm³/mol. The van der Waals surface area contributed by atoms with Gasteiger partial charge in [0.15, 0.2) is 5.84 Å². The van der Waals surface area contributed by atoms with Gasteiger partial charge in [0.2, 0.25) is 5.91 Å². The summed E-state index contributed by atoms with van der Waals surface area (Å²) < 4.78 is 13.7. The minimum atomic E-state index is -0.792. The second kappa shape index (κ2) is 6.51. The van der Waals surface area contributed by atoms with E-state index in [1.807, 2.05) is 0 Å². The molecule has 0 aliphatic rings. The van der Waals surface area contributed by atoms with Gasteiger partial charge >= 0.3 is 0 Å². The fraction of sp³-hybridized carbons (Fsp3) is 0.333. The number of anilines is 1. The zero-order chi connectivity index (χ0) is 14.6. The molecule has 0 heterocycles. The van der Waals surface area contributed by atoms with E-state index in [4.69, 9.17) is 10.9 Å². The minimum Gasteiger partial charge on any atom is -0.409 e. The second-order valence-corrected chi connectivity index (χ2v) is 5.21. The Labute approximate surface area is 118 Å². The average molecular weight is 332 g/mol. The molecule has 1 atom stereocenters. The van der Waals surface area contributed by atoms with Crippen molar-refractivity contribution in [3.05, 3.63) is 28.5 Å². The van der Waals surface area contributed by atoms with Crippen molar-refractivity contribution < 1.29 is 14.4 Å². The van der Waals surface area contributed by atoms with Gasteiger partial charge in [-0.2, -0.15) is 0 Å². The summed E-state index contributed by atoms with van der Waals surface area (Å²) in [7, 11) is 0. The van der Waals surface area contributed by atoms with E-state index in [-0.39, 0.29) is 11.8 Å². The SMILES string of the molecule is CC(C)C(C(=O)Nc1cc(F)ccc1Br)/C(N)=N/O. The van der Waals surface area contributed by atoms with Crippen molar-refractivity contribution in [2.75, 3.05) is 5.32 Å². The Bertz CT molecular complexity index is 506. The first-order chi connectivity index (χ1) is 8.86. The first kappa shape index (κ1) is 15.4. The number of carbonyl (C=O) groups is 1. The summed E-state index contributed by atoms with van der Waals surface area (Å²) in [6.07, 6.45) is 0. The third-order valence-electron chi connectivity index (χ3n) is 2.57. The number of amides is 1. The number of rotatable bonds is 4. The Balaban J connectivity index is 2.97. The van der Waals surface area contributed by atoms with Crippen LogP contribution < -0.4 is 11.1 Å². The third kappa shape index (κ3) is 3.92. The summed E-state index contributed by atoms with van der Waals surface area (Å²) in [5, 5.41) is 14.1. The van der Waals surface area contributed by atoms with E-state index >= 15 is 0 Å². The maximum atomic E-state index is 13.1. The Hall–Kier alpha value is -1.63. The first-order valence-corrected chi connectivity index (χ1v) is 6.39. The molecule has 5 nitrogen and oxygen atoms in total. The standard InChI is InChI=1S/C12H15BrFN3O2/c1-6(2)10(11(15)17-19)12(18)16-9-5-7(14)3-4-8(9)13/h3-6,10,19H,1-2H3,(H2,15,17)(H,16,18).